The molecule has 5 nitrogen and oxygen atoms in total. The lowest BCUT2D eigenvalue weighted by Gasteiger charge is -2.44. The Kier molecular flexibility index (Phi) is 6.71. The minimum absolute atomic E-state index is 0.0426. The first-order valence-corrected chi connectivity index (χ1v) is 7.72. The van der Waals surface area contributed by atoms with Gasteiger partial charge in [0, 0.05) is 33.5 Å². The molecule has 2 atom stereocenters. The number of rotatable bonds is 7. The van der Waals surface area contributed by atoms with Gasteiger partial charge in [0.05, 0.1) is 24.9 Å². The monoisotopic (exact) mass is 288 g/mol. The second-order valence-electron chi connectivity index (χ2n) is 5.86. The van der Waals surface area contributed by atoms with Crippen LogP contribution in [0.15, 0.2) is 0 Å². The molecule has 5 heteroatoms. The Morgan fingerprint density at radius 3 is 2.75 bits per heavy atom. The number of hydrogen-bond acceptors (Lipinski definition) is 5. The Balaban J connectivity index is 1.70. The van der Waals surface area contributed by atoms with Crippen LogP contribution in [0, 0.1) is 5.92 Å². The van der Waals surface area contributed by atoms with Crippen LogP contribution in [-0.4, -0.2) is 63.6 Å². The van der Waals surface area contributed by atoms with Crippen molar-refractivity contribution in [2.24, 2.45) is 5.92 Å². The number of aliphatic hydroxyl groups is 1. The van der Waals surface area contributed by atoms with Gasteiger partial charge in [-0.2, -0.15) is 0 Å². The predicted octanol–water partition coefficient (Wildman–Crippen LogP) is 1.38. The van der Waals surface area contributed by atoms with Gasteiger partial charge in [-0.3, -0.25) is 0 Å². The van der Waals surface area contributed by atoms with E-state index < -0.39 is 0 Å². The highest BCUT2D eigenvalue weighted by Crippen LogP contribution is 2.38. The summed E-state index contributed by atoms with van der Waals surface area (Å²) in [5.41, 5.74) is -0.0426. The normalized spacial score (nSPS) is 27.6. The molecule has 2 aliphatic heterocycles. The molecule has 118 valence electrons. The van der Waals surface area contributed by atoms with Gasteiger partial charge >= 0.3 is 0 Å². The van der Waals surface area contributed by atoms with Crippen LogP contribution in [0.3, 0.4) is 0 Å². The summed E-state index contributed by atoms with van der Waals surface area (Å²) >= 11 is 0. The summed E-state index contributed by atoms with van der Waals surface area (Å²) in [6.07, 6.45) is 4.22. The van der Waals surface area contributed by atoms with E-state index in [1.807, 2.05) is 0 Å². The van der Waals surface area contributed by atoms with E-state index >= 15 is 0 Å². The largest absolute Gasteiger partial charge is 0.393 e. The van der Waals surface area contributed by atoms with Crippen LogP contribution >= 0.6 is 0 Å². The van der Waals surface area contributed by atoms with E-state index in [2.05, 4.69) is 0 Å². The molecule has 0 aliphatic carbocycles. The molecule has 0 aromatic heterocycles. The predicted molar refractivity (Wildman–Crippen MR) is 74.8 cm³/mol. The maximum Gasteiger partial charge on any atom is 0.0730 e. The van der Waals surface area contributed by atoms with Crippen molar-refractivity contribution in [2.75, 3.05) is 46.8 Å². The van der Waals surface area contributed by atoms with Crippen LogP contribution in [0.2, 0.25) is 0 Å². The van der Waals surface area contributed by atoms with Crippen LogP contribution in [0.1, 0.15) is 32.1 Å². The molecule has 1 spiro atoms. The Hall–Kier alpha value is -0.200. The third kappa shape index (κ3) is 4.67. The van der Waals surface area contributed by atoms with E-state index in [4.69, 9.17) is 18.9 Å². The van der Waals surface area contributed by atoms with Crippen molar-refractivity contribution in [3.8, 4) is 0 Å². The van der Waals surface area contributed by atoms with Crippen LogP contribution in [-0.2, 0) is 18.9 Å². The second-order valence-corrected chi connectivity index (χ2v) is 5.86. The van der Waals surface area contributed by atoms with Gasteiger partial charge in [-0.1, -0.05) is 0 Å². The summed E-state index contributed by atoms with van der Waals surface area (Å²) in [5, 5.41) is 10.3. The van der Waals surface area contributed by atoms with Gasteiger partial charge in [0.1, 0.15) is 0 Å². The lowest BCUT2D eigenvalue weighted by Crippen LogP contribution is -2.46. The van der Waals surface area contributed by atoms with Crippen molar-refractivity contribution in [3.05, 3.63) is 0 Å². The topological polar surface area (TPSA) is 57.2 Å². The molecule has 2 aliphatic rings. The smallest absolute Gasteiger partial charge is 0.0730 e. The molecule has 2 saturated heterocycles. The average molecular weight is 288 g/mol. The fourth-order valence-corrected chi connectivity index (χ4v) is 3.17. The van der Waals surface area contributed by atoms with Gasteiger partial charge in [0.15, 0.2) is 0 Å². The lowest BCUT2D eigenvalue weighted by molar-refractivity contribution is -0.159. The Morgan fingerprint density at radius 2 is 2.00 bits per heavy atom. The molecule has 0 amide bonds. The number of methoxy groups -OCH3 is 1. The molecule has 2 fully saturated rings. The van der Waals surface area contributed by atoms with Crippen molar-refractivity contribution in [1.82, 2.24) is 0 Å². The first-order chi connectivity index (χ1) is 9.76. The van der Waals surface area contributed by atoms with Crippen molar-refractivity contribution in [2.45, 2.75) is 43.8 Å². The Bertz CT molecular complexity index is 259. The van der Waals surface area contributed by atoms with Gasteiger partial charge in [-0.25, -0.2) is 0 Å². The fourth-order valence-electron chi connectivity index (χ4n) is 3.17. The standard InChI is InChI=1S/C15H28O5/c1-17-10-11-18-6-3-14(16)13-2-7-20-15(12-13)4-8-19-9-5-15/h13-14,16H,2-12H2,1H3. The van der Waals surface area contributed by atoms with Crippen LogP contribution in [0.5, 0.6) is 0 Å². The zero-order valence-electron chi connectivity index (χ0n) is 12.5. The number of ether oxygens (including phenoxy) is 4. The Morgan fingerprint density at radius 1 is 1.20 bits per heavy atom. The summed E-state index contributed by atoms with van der Waals surface area (Å²) in [4.78, 5) is 0. The van der Waals surface area contributed by atoms with Gasteiger partial charge in [0.2, 0.25) is 0 Å². The number of aliphatic hydroxyl groups excluding tert-OH is 1. The van der Waals surface area contributed by atoms with Crippen molar-refractivity contribution < 1.29 is 24.1 Å². The molecule has 0 saturated carbocycles. The van der Waals surface area contributed by atoms with E-state index in [0.717, 1.165) is 45.5 Å². The molecule has 1 N–H and O–H groups in total. The summed E-state index contributed by atoms with van der Waals surface area (Å²) < 4.78 is 21.8. The van der Waals surface area contributed by atoms with Gasteiger partial charge < -0.3 is 24.1 Å². The molecule has 2 heterocycles. The highest BCUT2D eigenvalue weighted by Gasteiger charge is 2.40. The molecule has 0 aromatic rings. The molecular formula is C15H28O5. The first kappa shape index (κ1) is 16.2. The molecular weight excluding hydrogens is 260 g/mol. The van der Waals surface area contributed by atoms with Crippen molar-refractivity contribution >= 4 is 0 Å². The second kappa shape index (κ2) is 8.29. The summed E-state index contributed by atoms with van der Waals surface area (Å²) in [6, 6.07) is 0. The maximum absolute atomic E-state index is 10.3. The van der Waals surface area contributed by atoms with Gasteiger partial charge in [-0.05, 0) is 38.0 Å². The van der Waals surface area contributed by atoms with Crippen LogP contribution < -0.4 is 0 Å². The third-order valence-corrected chi connectivity index (χ3v) is 4.47. The van der Waals surface area contributed by atoms with E-state index in [1.165, 1.54) is 0 Å². The van der Waals surface area contributed by atoms with E-state index in [-0.39, 0.29) is 11.7 Å². The molecule has 2 rings (SSSR count). The minimum atomic E-state index is -0.291. The van der Waals surface area contributed by atoms with Crippen LogP contribution in [0.25, 0.3) is 0 Å². The van der Waals surface area contributed by atoms with Gasteiger partial charge in [-0.15, -0.1) is 0 Å². The molecule has 0 aromatic carbocycles. The van der Waals surface area contributed by atoms with Crippen LogP contribution in [0.4, 0.5) is 0 Å². The zero-order chi connectivity index (χ0) is 14.3. The fraction of sp³-hybridized carbons (Fsp3) is 1.00. The SMILES string of the molecule is COCCOCCC(O)C1CCOC2(CCOCC2)C1. The van der Waals surface area contributed by atoms with E-state index in [0.29, 0.717) is 32.2 Å². The number of hydrogen-bond donors (Lipinski definition) is 1. The molecule has 0 radical (unpaired) electrons. The molecule has 20 heavy (non-hydrogen) atoms. The van der Waals surface area contributed by atoms with E-state index in [9.17, 15) is 5.11 Å². The minimum Gasteiger partial charge on any atom is -0.393 e. The van der Waals surface area contributed by atoms with Crippen molar-refractivity contribution in [1.29, 1.82) is 0 Å². The quantitative estimate of drug-likeness (QED) is 0.717. The van der Waals surface area contributed by atoms with Crippen molar-refractivity contribution in [3.63, 3.8) is 0 Å². The van der Waals surface area contributed by atoms with Gasteiger partial charge in [0.25, 0.3) is 0 Å². The first-order valence-electron chi connectivity index (χ1n) is 7.72. The average Bonchev–Trinajstić information content (AvgIpc) is 2.48. The highest BCUT2D eigenvalue weighted by atomic mass is 16.5. The highest BCUT2D eigenvalue weighted by molar-refractivity contribution is 4.90. The molecule has 0 bridgehead atoms. The van der Waals surface area contributed by atoms with E-state index in [1.54, 1.807) is 7.11 Å². The zero-order valence-corrected chi connectivity index (χ0v) is 12.5. The third-order valence-electron chi connectivity index (χ3n) is 4.47. The molecule has 2 unspecified atom stereocenters. The summed E-state index contributed by atoms with van der Waals surface area (Å²) in [5.74, 6) is 0.327. The summed E-state index contributed by atoms with van der Waals surface area (Å²) in [7, 11) is 1.66. The summed E-state index contributed by atoms with van der Waals surface area (Å²) in [6.45, 7) is 4.12. The lowest BCUT2D eigenvalue weighted by atomic mass is 9.78. The maximum atomic E-state index is 10.3. The Labute approximate surface area is 121 Å².